The van der Waals surface area contributed by atoms with Crippen LogP contribution in [0.5, 0.6) is 0 Å². The van der Waals surface area contributed by atoms with E-state index in [1.165, 1.54) is 11.1 Å². The molecular weight excluding hydrogens is 240 g/mol. The summed E-state index contributed by atoms with van der Waals surface area (Å²) in [7, 11) is 1.99. The predicted molar refractivity (Wildman–Crippen MR) is 78.0 cm³/mol. The molecule has 1 aromatic heterocycles. The lowest BCUT2D eigenvalue weighted by molar-refractivity contribution is 0.641. The number of hydrogen-bond acceptors (Lipinski definition) is 3. The first-order chi connectivity index (χ1) is 8.70. The van der Waals surface area contributed by atoms with Crippen molar-refractivity contribution in [1.29, 1.82) is 0 Å². The normalized spacial score (nSPS) is 12.9. The first-order valence-electron chi connectivity index (χ1n) is 6.35. The monoisotopic (exact) mass is 260 g/mol. The Morgan fingerprint density at radius 2 is 2.17 bits per heavy atom. The Balaban J connectivity index is 2.26. The van der Waals surface area contributed by atoms with Crippen LogP contribution in [0.2, 0.25) is 0 Å². The molecule has 2 nitrogen and oxygen atoms in total. The highest BCUT2D eigenvalue weighted by atomic mass is 32.1. The fourth-order valence-electron chi connectivity index (χ4n) is 2.22. The fourth-order valence-corrected chi connectivity index (χ4v) is 2.80. The minimum Gasteiger partial charge on any atom is -0.308 e. The average molecular weight is 260 g/mol. The van der Waals surface area contributed by atoms with Gasteiger partial charge in [-0.15, -0.1) is 11.3 Å². The van der Waals surface area contributed by atoms with E-state index < -0.39 is 0 Å². The molecule has 1 atom stereocenters. The molecule has 96 valence electrons. The van der Waals surface area contributed by atoms with Crippen molar-refractivity contribution in [3.8, 4) is 0 Å². The summed E-state index contributed by atoms with van der Waals surface area (Å²) >= 11 is 1.64. The van der Waals surface area contributed by atoms with Crippen LogP contribution in [0, 0.1) is 5.92 Å². The zero-order valence-corrected chi connectivity index (χ0v) is 12.0. The third kappa shape index (κ3) is 3.18. The maximum absolute atomic E-state index is 4.41. The van der Waals surface area contributed by atoms with Crippen molar-refractivity contribution < 1.29 is 0 Å². The lowest BCUT2D eigenvalue weighted by Gasteiger charge is -2.16. The highest BCUT2D eigenvalue weighted by Gasteiger charge is 2.14. The van der Waals surface area contributed by atoms with Gasteiger partial charge in [-0.3, -0.25) is 0 Å². The van der Waals surface area contributed by atoms with E-state index >= 15 is 0 Å². The van der Waals surface area contributed by atoms with Gasteiger partial charge in [0.1, 0.15) is 0 Å². The smallest absolute Gasteiger partial charge is 0.0795 e. The molecule has 1 heterocycles. The van der Waals surface area contributed by atoms with Crippen LogP contribution in [0.25, 0.3) is 0 Å². The predicted octanol–water partition coefficient (Wildman–Crippen LogP) is 3.65. The van der Waals surface area contributed by atoms with Crippen LogP contribution in [0.3, 0.4) is 0 Å². The molecule has 18 heavy (non-hydrogen) atoms. The van der Waals surface area contributed by atoms with Crippen molar-refractivity contribution in [3.63, 3.8) is 0 Å². The molecule has 2 aromatic rings. The minimum atomic E-state index is 0.198. The van der Waals surface area contributed by atoms with E-state index in [9.17, 15) is 0 Å². The number of rotatable bonds is 5. The Hall–Kier alpha value is -1.19. The maximum Gasteiger partial charge on any atom is 0.0795 e. The molecule has 0 radical (unpaired) electrons. The van der Waals surface area contributed by atoms with E-state index in [-0.39, 0.29) is 6.04 Å². The van der Waals surface area contributed by atoms with Gasteiger partial charge in [0, 0.05) is 5.38 Å². The molecular formula is C15H20N2S. The summed E-state index contributed by atoms with van der Waals surface area (Å²) in [6, 6.07) is 9.01. The van der Waals surface area contributed by atoms with Gasteiger partial charge in [0.05, 0.1) is 17.2 Å². The van der Waals surface area contributed by atoms with Crippen molar-refractivity contribution in [3.05, 3.63) is 52.0 Å². The third-order valence-electron chi connectivity index (χ3n) is 2.96. The summed E-state index contributed by atoms with van der Waals surface area (Å²) in [5, 5.41) is 5.45. The molecule has 0 aliphatic heterocycles. The molecule has 1 N–H and O–H groups in total. The Morgan fingerprint density at radius 3 is 2.78 bits per heavy atom. The van der Waals surface area contributed by atoms with Gasteiger partial charge < -0.3 is 5.32 Å². The highest BCUT2D eigenvalue weighted by Crippen LogP contribution is 2.23. The molecule has 0 fully saturated rings. The van der Waals surface area contributed by atoms with Crippen LogP contribution >= 0.6 is 11.3 Å². The van der Waals surface area contributed by atoms with E-state index in [1.807, 2.05) is 12.6 Å². The number of benzene rings is 1. The first kappa shape index (κ1) is 13.2. The van der Waals surface area contributed by atoms with Crippen LogP contribution in [-0.2, 0) is 6.42 Å². The Morgan fingerprint density at radius 1 is 1.33 bits per heavy atom. The average Bonchev–Trinajstić information content (AvgIpc) is 2.83. The molecule has 0 bridgehead atoms. The summed E-state index contributed by atoms with van der Waals surface area (Å²) in [4.78, 5) is 4.41. The van der Waals surface area contributed by atoms with Gasteiger partial charge in [-0.1, -0.05) is 38.1 Å². The van der Waals surface area contributed by atoms with Gasteiger partial charge in [0.2, 0.25) is 0 Å². The summed E-state index contributed by atoms with van der Waals surface area (Å²) in [6.07, 6.45) is 1.13. The molecule has 0 saturated heterocycles. The van der Waals surface area contributed by atoms with Crippen molar-refractivity contribution in [2.75, 3.05) is 7.05 Å². The van der Waals surface area contributed by atoms with Crippen LogP contribution in [0.1, 0.15) is 36.7 Å². The lowest BCUT2D eigenvalue weighted by atomic mass is 9.97. The number of hydrogen-bond donors (Lipinski definition) is 1. The van der Waals surface area contributed by atoms with Crippen molar-refractivity contribution in [1.82, 2.24) is 10.3 Å². The molecule has 0 aliphatic rings. The number of nitrogens with zero attached hydrogens (tertiary/aromatic N) is 1. The molecule has 0 amide bonds. The Bertz CT molecular complexity index is 477. The van der Waals surface area contributed by atoms with E-state index in [0.717, 1.165) is 12.1 Å². The maximum atomic E-state index is 4.41. The second-order valence-corrected chi connectivity index (χ2v) is 5.70. The van der Waals surface area contributed by atoms with Gasteiger partial charge >= 0.3 is 0 Å². The standard InChI is InChI=1S/C15H20N2S/c1-11(2)7-12-5-4-6-13(8-12)15(16-3)14-9-18-10-17-14/h4-6,8-11,15-16H,7H2,1-3H3. The second-order valence-electron chi connectivity index (χ2n) is 4.98. The number of aromatic nitrogens is 1. The Kier molecular flexibility index (Phi) is 4.50. The van der Waals surface area contributed by atoms with E-state index in [4.69, 9.17) is 0 Å². The summed E-state index contributed by atoms with van der Waals surface area (Å²) in [5.74, 6) is 0.688. The second kappa shape index (κ2) is 6.12. The minimum absolute atomic E-state index is 0.198. The van der Waals surface area contributed by atoms with Gasteiger partial charge in [-0.05, 0) is 30.5 Å². The summed E-state index contributed by atoms with van der Waals surface area (Å²) < 4.78 is 0. The van der Waals surface area contributed by atoms with Crippen molar-refractivity contribution in [2.45, 2.75) is 26.3 Å². The lowest BCUT2D eigenvalue weighted by Crippen LogP contribution is -2.18. The fraction of sp³-hybridized carbons (Fsp3) is 0.400. The van der Waals surface area contributed by atoms with E-state index in [0.29, 0.717) is 5.92 Å². The largest absolute Gasteiger partial charge is 0.308 e. The van der Waals surface area contributed by atoms with Crippen LogP contribution in [-0.4, -0.2) is 12.0 Å². The van der Waals surface area contributed by atoms with Crippen LogP contribution in [0.15, 0.2) is 35.2 Å². The molecule has 0 spiro atoms. The topological polar surface area (TPSA) is 24.9 Å². The summed E-state index contributed by atoms with van der Waals surface area (Å²) in [6.45, 7) is 4.51. The molecule has 0 aliphatic carbocycles. The zero-order chi connectivity index (χ0) is 13.0. The number of nitrogens with one attached hydrogen (secondary N) is 1. The third-order valence-corrected chi connectivity index (χ3v) is 3.57. The van der Waals surface area contributed by atoms with Crippen molar-refractivity contribution >= 4 is 11.3 Å². The van der Waals surface area contributed by atoms with E-state index in [2.05, 4.69) is 53.8 Å². The molecule has 1 unspecified atom stereocenters. The van der Waals surface area contributed by atoms with E-state index in [1.54, 1.807) is 11.3 Å². The molecule has 2 rings (SSSR count). The Labute approximate surface area is 113 Å². The van der Waals surface area contributed by atoms with Crippen LogP contribution < -0.4 is 5.32 Å². The zero-order valence-electron chi connectivity index (χ0n) is 11.2. The van der Waals surface area contributed by atoms with Gasteiger partial charge in [0.15, 0.2) is 0 Å². The first-order valence-corrected chi connectivity index (χ1v) is 7.29. The van der Waals surface area contributed by atoms with Gasteiger partial charge in [-0.25, -0.2) is 4.98 Å². The molecule has 3 heteroatoms. The van der Waals surface area contributed by atoms with Gasteiger partial charge in [0.25, 0.3) is 0 Å². The highest BCUT2D eigenvalue weighted by molar-refractivity contribution is 7.07. The number of thiazole rings is 1. The summed E-state index contributed by atoms with van der Waals surface area (Å²) in [5.41, 5.74) is 5.68. The van der Waals surface area contributed by atoms with Crippen molar-refractivity contribution in [2.24, 2.45) is 5.92 Å². The van der Waals surface area contributed by atoms with Crippen LogP contribution in [0.4, 0.5) is 0 Å². The van der Waals surface area contributed by atoms with Gasteiger partial charge in [-0.2, -0.15) is 0 Å². The quantitative estimate of drug-likeness (QED) is 0.887. The molecule has 0 saturated carbocycles. The SMILES string of the molecule is CNC(c1cccc(CC(C)C)c1)c1cscn1. The molecule has 1 aromatic carbocycles.